The van der Waals surface area contributed by atoms with Crippen LogP contribution in [0.3, 0.4) is 0 Å². The van der Waals surface area contributed by atoms with E-state index in [9.17, 15) is 26.4 Å². The lowest BCUT2D eigenvalue weighted by molar-refractivity contribution is -0.137. The van der Waals surface area contributed by atoms with E-state index in [1.165, 1.54) is 0 Å². The van der Waals surface area contributed by atoms with Gasteiger partial charge in [0.2, 0.25) is 15.9 Å². The molecule has 1 aliphatic heterocycles. The molecule has 152 valence electrons. The van der Waals surface area contributed by atoms with E-state index in [2.05, 4.69) is 4.72 Å². The predicted molar refractivity (Wildman–Crippen MR) is 94.6 cm³/mol. The van der Waals surface area contributed by atoms with Crippen molar-refractivity contribution >= 4 is 27.5 Å². The zero-order valence-electron chi connectivity index (χ0n) is 14.4. The van der Waals surface area contributed by atoms with Crippen LogP contribution in [0.15, 0.2) is 23.1 Å². The van der Waals surface area contributed by atoms with Crippen LogP contribution in [0.2, 0.25) is 5.02 Å². The maximum Gasteiger partial charge on any atom is 0.416 e. The molecule has 1 unspecified atom stereocenters. The number of halogens is 4. The zero-order valence-corrected chi connectivity index (χ0v) is 16.0. The minimum atomic E-state index is -4.67. The molecule has 0 saturated carbocycles. The van der Waals surface area contributed by atoms with Crippen LogP contribution < -0.4 is 10.5 Å². The smallest absolute Gasteiger partial charge is 0.369 e. The molecule has 1 saturated heterocycles. The third kappa shape index (κ3) is 6.06. The third-order valence-electron chi connectivity index (χ3n) is 4.40. The summed E-state index contributed by atoms with van der Waals surface area (Å²) < 4.78 is 65.2. The Kier molecular flexibility index (Phi) is 7.12. The number of likely N-dealkylation sites (tertiary alicyclic amines) is 1. The van der Waals surface area contributed by atoms with Crippen molar-refractivity contribution in [3.63, 3.8) is 0 Å². The van der Waals surface area contributed by atoms with Gasteiger partial charge in [0.25, 0.3) is 0 Å². The fraction of sp³-hybridized carbons (Fsp3) is 0.562. The number of rotatable bonds is 7. The molecule has 11 heteroatoms. The number of carbonyl (C=O) groups is 1. The molecule has 0 radical (unpaired) electrons. The highest BCUT2D eigenvalue weighted by atomic mass is 35.5. The van der Waals surface area contributed by atoms with Crippen molar-refractivity contribution in [1.29, 1.82) is 0 Å². The molecule has 0 bridgehead atoms. The number of nitrogens with two attached hydrogens (primary N) is 1. The normalized spacial score (nSPS) is 19.2. The summed E-state index contributed by atoms with van der Waals surface area (Å²) in [7, 11) is -4.18. The minimum Gasteiger partial charge on any atom is -0.369 e. The second-order valence-corrected chi connectivity index (χ2v) is 8.58. The lowest BCUT2D eigenvalue weighted by atomic mass is 9.97. The Morgan fingerprint density at radius 2 is 2.07 bits per heavy atom. The molecule has 1 aliphatic rings. The Morgan fingerprint density at radius 3 is 2.70 bits per heavy atom. The molecule has 1 fully saturated rings. The van der Waals surface area contributed by atoms with Crippen LogP contribution in [-0.2, 0) is 21.0 Å². The number of sulfonamides is 1. The monoisotopic (exact) mass is 427 g/mol. The summed E-state index contributed by atoms with van der Waals surface area (Å²) in [6.45, 7) is 1.90. The number of nitrogens with one attached hydrogen (secondary N) is 1. The van der Waals surface area contributed by atoms with Gasteiger partial charge in [0.1, 0.15) is 4.90 Å². The van der Waals surface area contributed by atoms with Gasteiger partial charge in [0, 0.05) is 13.1 Å². The van der Waals surface area contributed by atoms with Crippen molar-refractivity contribution < 1.29 is 26.4 Å². The summed E-state index contributed by atoms with van der Waals surface area (Å²) in [5.74, 6) is -0.557. The predicted octanol–water partition coefficient (Wildman–Crippen LogP) is 2.22. The number of alkyl halides is 3. The van der Waals surface area contributed by atoms with Crippen molar-refractivity contribution in [2.24, 2.45) is 11.7 Å². The summed E-state index contributed by atoms with van der Waals surface area (Å²) in [4.78, 5) is 12.7. The Bertz CT molecular complexity index is 787. The first-order valence-corrected chi connectivity index (χ1v) is 10.2. The van der Waals surface area contributed by atoms with Crippen LogP contribution in [0.1, 0.15) is 24.8 Å². The van der Waals surface area contributed by atoms with E-state index in [0.29, 0.717) is 25.6 Å². The first kappa shape index (κ1) is 21.9. The molecule has 0 aliphatic carbocycles. The van der Waals surface area contributed by atoms with E-state index >= 15 is 0 Å². The highest BCUT2D eigenvalue weighted by molar-refractivity contribution is 7.89. The van der Waals surface area contributed by atoms with E-state index in [1.54, 1.807) is 0 Å². The second kappa shape index (κ2) is 8.76. The SMILES string of the molecule is NC(=O)C1CCCN(CCCNS(=O)(=O)c2cc(C(F)(F)F)ccc2Cl)C1. The first-order chi connectivity index (χ1) is 12.5. The second-order valence-electron chi connectivity index (χ2n) is 6.44. The highest BCUT2D eigenvalue weighted by Crippen LogP contribution is 2.33. The standard InChI is InChI=1S/C16H21ClF3N3O3S/c17-13-5-4-12(16(18,19)20)9-14(13)27(25,26)22-6-2-8-23-7-1-3-11(10-23)15(21)24/h4-5,9,11,22H,1-3,6-8,10H2,(H2,21,24). The van der Waals surface area contributed by atoms with Crippen molar-refractivity contribution in [3.05, 3.63) is 28.8 Å². The van der Waals surface area contributed by atoms with E-state index in [-0.39, 0.29) is 23.4 Å². The van der Waals surface area contributed by atoms with Gasteiger partial charge in [-0.25, -0.2) is 13.1 Å². The number of carbonyl (C=O) groups excluding carboxylic acids is 1. The molecule has 2 rings (SSSR count). The van der Waals surface area contributed by atoms with Gasteiger partial charge in [0.05, 0.1) is 16.5 Å². The van der Waals surface area contributed by atoms with Gasteiger partial charge in [-0.15, -0.1) is 0 Å². The molecule has 1 atom stereocenters. The van der Waals surface area contributed by atoms with Crippen molar-refractivity contribution in [2.75, 3.05) is 26.2 Å². The van der Waals surface area contributed by atoms with Crippen LogP contribution in [0.4, 0.5) is 13.2 Å². The van der Waals surface area contributed by atoms with Crippen LogP contribution >= 0.6 is 11.6 Å². The van der Waals surface area contributed by atoms with Crippen molar-refractivity contribution in [1.82, 2.24) is 9.62 Å². The summed E-state index contributed by atoms with van der Waals surface area (Å²) in [6, 6.07) is 2.16. The van der Waals surface area contributed by atoms with E-state index in [1.807, 2.05) is 4.90 Å². The van der Waals surface area contributed by atoms with Gasteiger partial charge in [0.15, 0.2) is 0 Å². The van der Waals surface area contributed by atoms with Gasteiger partial charge in [-0.2, -0.15) is 13.2 Å². The van der Waals surface area contributed by atoms with E-state index in [4.69, 9.17) is 17.3 Å². The zero-order chi connectivity index (χ0) is 20.2. The quantitative estimate of drug-likeness (QED) is 0.652. The first-order valence-electron chi connectivity index (χ1n) is 8.39. The number of primary amides is 1. The Morgan fingerprint density at radius 1 is 1.37 bits per heavy atom. The van der Waals surface area contributed by atoms with E-state index < -0.39 is 26.7 Å². The van der Waals surface area contributed by atoms with Crippen molar-refractivity contribution in [2.45, 2.75) is 30.3 Å². The maximum absolute atomic E-state index is 12.8. The molecule has 1 heterocycles. The number of hydrogen-bond donors (Lipinski definition) is 2. The van der Waals surface area contributed by atoms with Gasteiger partial charge in [-0.3, -0.25) is 4.79 Å². The Hall–Kier alpha value is -1.36. The molecule has 1 aromatic rings. The summed E-state index contributed by atoms with van der Waals surface area (Å²) in [6.07, 6.45) is -2.66. The lowest BCUT2D eigenvalue weighted by Crippen LogP contribution is -2.42. The molecule has 27 heavy (non-hydrogen) atoms. The average molecular weight is 428 g/mol. The average Bonchev–Trinajstić information content (AvgIpc) is 2.58. The summed E-state index contributed by atoms with van der Waals surface area (Å²) >= 11 is 5.77. The molecule has 1 amide bonds. The van der Waals surface area contributed by atoms with Gasteiger partial charge < -0.3 is 10.6 Å². The minimum absolute atomic E-state index is 0.0344. The Balaban J connectivity index is 1.93. The van der Waals surface area contributed by atoms with Gasteiger partial charge in [-0.1, -0.05) is 11.6 Å². The topological polar surface area (TPSA) is 92.5 Å². The molecular weight excluding hydrogens is 407 g/mol. The highest BCUT2D eigenvalue weighted by Gasteiger charge is 2.32. The van der Waals surface area contributed by atoms with Crippen LogP contribution in [-0.4, -0.2) is 45.4 Å². The number of benzene rings is 1. The molecule has 6 nitrogen and oxygen atoms in total. The van der Waals surface area contributed by atoms with Crippen LogP contribution in [0, 0.1) is 5.92 Å². The Labute approximate surface area is 160 Å². The van der Waals surface area contributed by atoms with Crippen LogP contribution in [0.25, 0.3) is 0 Å². The number of nitrogens with zero attached hydrogens (tertiary/aromatic N) is 1. The fourth-order valence-corrected chi connectivity index (χ4v) is 4.56. The molecule has 3 N–H and O–H groups in total. The molecular formula is C16H21ClF3N3O3S. The number of amides is 1. The molecule has 0 spiro atoms. The van der Waals surface area contributed by atoms with Gasteiger partial charge in [-0.05, 0) is 50.6 Å². The third-order valence-corrected chi connectivity index (χ3v) is 6.34. The number of hydrogen-bond acceptors (Lipinski definition) is 4. The van der Waals surface area contributed by atoms with Crippen molar-refractivity contribution in [3.8, 4) is 0 Å². The summed E-state index contributed by atoms with van der Waals surface area (Å²) in [5, 5.41) is -0.282. The van der Waals surface area contributed by atoms with Gasteiger partial charge >= 0.3 is 6.18 Å². The summed E-state index contributed by atoms with van der Waals surface area (Å²) in [5.41, 5.74) is 4.23. The molecule has 1 aromatic carbocycles. The largest absolute Gasteiger partial charge is 0.416 e. The fourth-order valence-electron chi connectivity index (χ4n) is 2.96. The van der Waals surface area contributed by atoms with E-state index in [0.717, 1.165) is 31.5 Å². The lowest BCUT2D eigenvalue weighted by Gasteiger charge is -2.31. The maximum atomic E-state index is 12.8. The number of piperidine rings is 1. The molecule has 0 aromatic heterocycles. The van der Waals surface area contributed by atoms with Crippen LogP contribution in [0.5, 0.6) is 0 Å².